The Balaban J connectivity index is 2.46. The minimum absolute atomic E-state index is 0.0567. The van der Waals surface area contributed by atoms with Gasteiger partial charge in [-0.25, -0.2) is 4.79 Å². The van der Waals surface area contributed by atoms with E-state index in [1.165, 1.54) is 24.7 Å². The van der Waals surface area contributed by atoms with Crippen molar-refractivity contribution >= 4 is 11.8 Å². The molecule has 2 heterocycles. The summed E-state index contributed by atoms with van der Waals surface area (Å²) in [5.74, 6) is 0.266. The summed E-state index contributed by atoms with van der Waals surface area (Å²) in [6.45, 7) is 5.55. The third kappa shape index (κ3) is 2.83. The Kier molecular flexibility index (Phi) is 3.74. The predicted octanol–water partition coefficient (Wildman–Crippen LogP) is -0.397. The van der Waals surface area contributed by atoms with Crippen LogP contribution in [0, 0.1) is 0 Å². The maximum atomic E-state index is 12.0. The number of aromatic nitrogens is 5. The fourth-order valence-electron chi connectivity index (χ4n) is 1.86. The summed E-state index contributed by atoms with van der Waals surface area (Å²) in [7, 11) is 2.88. The quantitative estimate of drug-likeness (QED) is 0.780. The van der Waals surface area contributed by atoms with Crippen LogP contribution in [0.5, 0.6) is 0 Å². The lowest BCUT2D eigenvalue weighted by Gasteiger charge is -2.16. The second-order valence-corrected chi connectivity index (χ2v) is 5.99. The van der Waals surface area contributed by atoms with Crippen molar-refractivity contribution in [1.29, 1.82) is 0 Å². The van der Waals surface area contributed by atoms with Gasteiger partial charge >= 0.3 is 5.69 Å². The SMILES string of the molecule is Cn1c(Nc2nnc(C(C)(C)C)c(=O)[nH]2)cc(=O)n(C)c1=O. The van der Waals surface area contributed by atoms with E-state index in [4.69, 9.17) is 0 Å². The lowest BCUT2D eigenvalue weighted by Crippen LogP contribution is -2.37. The normalized spacial score (nSPS) is 11.5. The Morgan fingerprint density at radius 1 is 1.09 bits per heavy atom. The van der Waals surface area contributed by atoms with Crippen molar-refractivity contribution in [2.75, 3.05) is 5.32 Å². The Bertz CT molecular complexity index is 884. The molecule has 0 saturated carbocycles. The highest BCUT2D eigenvalue weighted by molar-refractivity contribution is 5.46. The number of hydrogen-bond donors (Lipinski definition) is 2. The molecule has 0 spiro atoms. The zero-order valence-electron chi connectivity index (χ0n) is 13.1. The van der Waals surface area contributed by atoms with Crippen LogP contribution in [0.1, 0.15) is 26.5 Å². The molecular formula is C13H18N6O3. The van der Waals surface area contributed by atoms with E-state index in [9.17, 15) is 14.4 Å². The van der Waals surface area contributed by atoms with Crippen LogP contribution < -0.4 is 22.1 Å². The molecule has 0 radical (unpaired) electrons. The molecule has 0 unspecified atom stereocenters. The van der Waals surface area contributed by atoms with Gasteiger partial charge in [0, 0.05) is 25.6 Å². The molecule has 118 valence electrons. The molecule has 0 aromatic carbocycles. The largest absolute Gasteiger partial charge is 0.332 e. The zero-order valence-corrected chi connectivity index (χ0v) is 13.1. The lowest BCUT2D eigenvalue weighted by atomic mass is 9.93. The van der Waals surface area contributed by atoms with Gasteiger partial charge in [0.15, 0.2) is 0 Å². The average Bonchev–Trinajstić information content (AvgIpc) is 2.41. The molecule has 2 N–H and O–H groups in total. The summed E-state index contributed by atoms with van der Waals surface area (Å²) in [5, 5.41) is 10.5. The third-order valence-corrected chi connectivity index (χ3v) is 3.18. The van der Waals surface area contributed by atoms with Gasteiger partial charge in [-0.05, 0) is 0 Å². The smallest absolute Gasteiger partial charge is 0.310 e. The van der Waals surface area contributed by atoms with E-state index in [1.807, 2.05) is 20.8 Å². The van der Waals surface area contributed by atoms with Gasteiger partial charge in [-0.15, -0.1) is 10.2 Å². The minimum atomic E-state index is -0.489. The van der Waals surface area contributed by atoms with Crippen molar-refractivity contribution in [3.8, 4) is 0 Å². The number of nitrogens with one attached hydrogen (secondary N) is 2. The molecule has 0 aliphatic carbocycles. The van der Waals surface area contributed by atoms with Crippen molar-refractivity contribution < 1.29 is 0 Å². The first-order valence-corrected chi connectivity index (χ1v) is 6.63. The molecule has 0 aliphatic rings. The standard InChI is InChI=1S/C13H18N6O3/c1-13(2,3)9-10(21)15-11(17-16-9)14-7-6-8(20)19(5)12(22)18(7)4/h6H,1-5H3,(H2,14,15,17,21). The van der Waals surface area contributed by atoms with E-state index in [2.05, 4.69) is 20.5 Å². The van der Waals surface area contributed by atoms with Gasteiger partial charge in [-0.3, -0.25) is 23.7 Å². The number of hydrogen-bond acceptors (Lipinski definition) is 6. The molecule has 2 aromatic heterocycles. The predicted molar refractivity (Wildman–Crippen MR) is 81.6 cm³/mol. The summed E-state index contributed by atoms with van der Waals surface area (Å²) in [6, 6.07) is 1.24. The number of rotatable bonds is 2. The fourth-order valence-corrected chi connectivity index (χ4v) is 1.86. The Morgan fingerprint density at radius 2 is 1.73 bits per heavy atom. The Morgan fingerprint density at radius 3 is 2.27 bits per heavy atom. The van der Waals surface area contributed by atoms with Crippen LogP contribution in [0.2, 0.25) is 0 Å². The molecule has 0 amide bonds. The van der Waals surface area contributed by atoms with Crippen molar-refractivity contribution in [3.05, 3.63) is 43.0 Å². The second kappa shape index (κ2) is 5.24. The van der Waals surface area contributed by atoms with E-state index in [0.717, 1.165) is 4.57 Å². The molecule has 0 fully saturated rings. The van der Waals surface area contributed by atoms with Gasteiger partial charge in [-0.2, -0.15) is 0 Å². The topological polar surface area (TPSA) is 115 Å². The molecule has 0 atom stereocenters. The highest BCUT2D eigenvalue weighted by atomic mass is 16.2. The first-order chi connectivity index (χ1) is 10.1. The maximum absolute atomic E-state index is 12.0. The zero-order chi connectivity index (χ0) is 16.7. The van der Waals surface area contributed by atoms with Crippen molar-refractivity contribution in [2.45, 2.75) is 26.2 Å². The van der Waals surface area contributed by atoms with Gasteiger partial charge in [-0.1, -0.05) is 20.8 Å². The molecular weight excluding hydrogens is 288 g/mol. The first-order valence-electron chi connectivity index (χ1n) is 6.63. The van der Waals surface area contributed by atoms with Crippen molar-refractivity contribution in [2.24, 2.45) is 14.1 Å². The van der Waals surface area contributed by atoms with Crippen LogP contribution in [0.25, 0.3) is 0 Å². The van der Waals surface area contributed by atoms with Crippen LogP contribution in [-0.2, 0) is 19.5 Å². The highest BCUT2D eigenvalue weighted by Gasteiger charge is 2.20. The third-order valence-electron chi connectivity index (χ3n) is 3.18. The summed E-state index contributed by atoms with van der Waals surface area (Å²) in [5.41, 5.74) is -1.46. The molecule has 2 aromatic rings. The Hall–Kier alpha value is -2.71. The van der Waals surface area contributed by atoms with E-state index < -0.39 is 16.7 Å². The van der Waals surface area contributed by atoms with Gasteiger partial charge in [0.1, 0.15) is 11.5 Å². The summed E-state index contributed by atoms with van der Waals surface area (Å²) in [6.07, 6.45) is 0. The monoisotopic (exact) mass is 306 g/mol. The van der Waals surface area contributed by atoms with Crippen molar-refractivity contribution in [3.63, 3.8) is 0 Å². The maximum Gasteiger partial charge on any atom is 0.332 e. The number of nitrogens with zero attached hydrogens (tertiary/aromatic N) is 4. The molecule has 2 rings (SSSR count). The van der Waals surface area contributed by atoms with Crippen LogP contribution in [0.3, 0.4) is 0 Å². The number of aromatic amines is 1. The van der Waals surface area contributed by atoms with Gasteiger partial charge in [0.2, 0.25) is 5.95 Å². The van der Waals surface area contributed by atoms with Crippen LogP contribution in [-0.4, -0.2) is 24.3 Å². The molecule has 0 aliphatic heterocycles. The van der Waals surface area contributed by atoms with Gasteiger partial charge in [0.05, 0.1) is 0 Å². The molecule has 0 bridgehead atoms. The van der Waals surface area contributed by atoms with Crippen LogP contribution >= 0.6 is 0 Å². The van der Waals surface area contributed by atoms with Gasteiger partial charge < -0.3 is 5.32 Å². The van der Waals surface area contributed by atoms with E-state index in [1.54, 1.807) is 0 Å². The van der Waals surface area contributed by atoms with Gasteiger partial charge in [0.25, 0.3) is 11.1 Å². The molecule has 9 nitrogen and oxygen atoms in total. The Labute approximate surface area is 125 Å². The highest BCUT2D eigenvalue weighted by Crippen LogP contribution is 2.15. The summed E-state index contributed by atoms with van der Waals surface area (Å²) in [4.78, 5) is 38.1. The second-order valence-electron chi connectivity index (χ2n) is 5.99. The van der Waals surface area contributed by atoms with Crippen LogP contribution in [0.15, 0.2) is 20.4 Å². The lowest BCUT2D eigenvalue weighted by molar-refractivity contribution is 0.547. The number of anilines is 2. The molecule has 9 heteroatoms. The fraction of sp³-hybridized carbons (Fsp3) is 0.462. The van der Waals surface area contributed by atoms with E-state index in [-0.39, 0.29) is 17.3 Å². The van der Waals surface area contributed by atoms with E-state index >= 15 is 0 Å². The average molecular weight is 306 g/mol. The number of H-pyrrole nitrogens is 1. The molecule has 22 heavy (non-hydrogen) atoms. The summed E-state index contributed by atoms with van der Waals surface area (Å²) >= 11 is 0. The minimum Gasteiger partial charge on any atom is -0.310 e. The summed E-state index contributed by atoms with van der Waals surface area (Å²) < 4.78 is 2.21. The van der Waals surface area contributed by atoms with Crippen molar-refractivity contribution in [1.82, 2.24) is 24.3 Å². The van der Waals surface area contributed by atoms with Crippen LogP contribution in [0.4, 0.5) is 11.8 Å². The molecule has 0 saturated heterocycles. The first kappa shape index (κ1) is 15.7. The van der Waals surface area contributed by atoms with E-state index in [0.29, 0.717) is 5.69 Å².